The zero-order valence-electron chi connectivity index (χ0n) is 8.68. The van der Waals surface area contributed by atoms with Crippen LogP contribution in [0.25, 0.3) is 0 Å². The summed E-state index contributed by atoms with van der Waals surface area (Å²) in [6.45, 7) is 2.37. The second-order valence-electron chi connectivity index (χ2n) is 3.26. The Bertz CT molecular complexity index is 415. The van der Waals surface area contributed by atoms with Gasteiger partial charge in [-0.3, -0.25) is 0 Å². The van der Waals surface area contributed by atoms with Crippen LogP contribution in [0.1, 0.15) is 12.6 Å². The molecular weight excluding hydrogens is 190 g/mol. The van der Waals surface area contributed by atoms with E-state index < -0.39 is 0 Å². The predicted octanol–water partition coefficient (Wildman–Crippen LogP) is 0.944. The smallest absolute Gasteiger partial charge is 0.226 e. The van der Waals surface area contributed by atoms with Gasteiger partial charge >= 0.3 is 0 Å². The molecule has 1 heterocycles. The van der Waals surface area contributed by atoms with E-state index in [-0.39, 0.29) is 5.92 Å². The Balaban J connectivity index is 2.79. The van der Waals surface area contributed by atoms with Crippen LogP contribution in [0.2, 0.25) is 0 Å². The minimum Gasteiger partial charge on any atom is -0.343 e. The molecule has 5 nitrogen and oxygen atoms in total. The first-order valence-corrected chi connectivity index (χ1v) is 4.51. The number of rotatable bonds is 3. The van der Waals surface area contributed by atoms with E-state index in [1.807, 2.05) is 13.0 Å². The SMILES string of the molecule is CC(C#N)CN(C)c1nccc(C#N)n1. The van der Waals surface area contributed by atoms with Gasteiger partial charge in [0.15, 0.2) is 0 Å². The Morgan fingerprint density at radius 3 is 2.87 bits per heavy atom. The first kappa shape index (κ1) is 10.9. The van der Waals surface area contributed by atoms with Crippen molar-refractivity contribution in [1.29, 1.82) is 10.5 Å². The summed E-state index contributed by atoms with van der Waals surface area (Å²) in [6, 6.07) is 5.63. The van der Waals surface area contributed by atoms with Crippen LogP contribution in [0.5, 0.6) is 0 Å². The molecular formula is C10H11N5. The Morgan fingerprint density at radius 2 is 2.27 bits per heavy atom. The fourth-order valence-electron chi connectivity index (χ4n) is 1.13. The van der Waals surface area contributed by atoms with Crippen molar-refractivity contribution in [3.05, 3.63) is 18.0 Å². The van der Waals surface area contributed by atoms with Crippen molar-refractivity contribution in [2.24, 2.45) is 5.92 Å². The van der Waals surface area contributed by atoms with E-state index >= 15 is 0 Å². The van der Waals surface area contributed by atoms with Gasteiger partial charge in [-0.15, -0.1) is 0 Å². The van der Waals surface area contributed by atoms with Gasteiger partial charge < -0.3 is 4.90 Å². The molecule has 1 unspecified atom stereocenters. The molecule has 1 aromatic heterocycles. The monoisotopic (exact) mass is 201 g/mol. The average molecular weight is 201 g/mol. The lowest BCUT2D eigenvalue weighted by atomic mass is 10.2. The maximum atomic E-state index is 8.66. The number of nitriles is 2. The highest BCUT2D eigenvalue weighted by Crippen LogP contribution is 2.07. The zero-order chi connectivity index (χ0) is 11.3. The number of hydrogen-bond acceptors (Lipinski definition) is 5. The second kappa shape index (κ2) is 4.92. The van der Waals surface area contributed by atoms with Crippen molar-refractivity contribution in [1.82, 2.24) is 9.97 Å². The molecule has 1 rings (SSSR count). The predicted molar refractivity (Wildman–Crippen MR) is 54.8 cm³/mol. The lowest BCUT2D eigenvalue weighted by Crippen LogP contribution is -2.25. The van der Waals surface area contributed by atoms with Gasteiger partial charge in [0.1, 0.15) is 11.8 Å². The first-order valence-electron chi connectivity index (χ1n) is 4.51. The lowest BCUT2D eigenvalue weighted by molar-refractivity contribution is 0.702. The summed E-state index contributed by atoms with van der Waals surface area (Å²) in [6.07, 6.45) is 1.54. The third-order valence-corrected chi connectivity index (χ3v) is 1.87. The molecule has 0 fully saturated rings. The highest BCUT2D eigenvalue weighted by atomic mass is 15.2. The summed E-state index contributed by atoms with van der Waals surface area (Å²) in [5.41, 5.74) is 0.330. The molecule has 1 aromatic rings. The van der Waals surface area contributed by atoms with Gasteiger partial charge in [-0.05, 0) is 13.0 Å². The van der Waals surface area contributed by atoms with Gasteiger partial charge in [-0.2, -0.15) is 10.5 Å². The Kier molecular flexibility index (Phi) is 3.59. The Labute approximate surface area is 88.6 Å². The van der Waals surface area contributed by atoms with Crippen molar-refractivity contribution >= 4 is 5.95 Å². The van der Waals surface area contributed by atoms with Crippen molar-refractivity contribution in [3.63, 3.8) is 0 Å². The molecule has 5 heteroatoms. The quantitative estimate of drug-likeness (QED) is 0.727. The molecule has 0 spiro atoms. The van der Waals surface area contributed by atoms with Crippen LogP contribution in [0.15, 0.2) is 12.3 Å². The van der Waals surface area contributed by atoms with Gasteiger partial charge in [-0.1, -0.05) is 0 Å². The fraction of sp³-hybridized carbons (Fsp3) is 0.400. The number of anilines is 1. The summed E-state index contributed by atoms with van der Waals surface area (Å²) in [5, 5.41) is 17.3. The molecule has 0 bridgehead atoms. The van der Waals surface area contributed by atoms with Crippen molar-refractivity contribution in [3.8, 4) is 12.1 Å². The van der Waals surface area contributed by atoms with E-state index in [1.165, 1.54) is 6.20 Å². The molecule has 0 aliphatic carbocycles. The van der Waals surface area contributed by atoms with Crippen molar-refractivity contribution in [2.45, 2.75) is 6.92 Å². The number of hydrogen-bond donors (Lipinski definition) is 0. The van der Waals surface area contributed by atoms with Gasteiger partial charge in [0.05, 0.1) is 12.0 Å². The molecule has 0 radical (unpaired) electrons. The minimum absolute atomic E-state index is 0.0932. The maximum absolute atomic E-state index is 8.66. The van der Waals surface area contributed by atoms with E-state index in [9.17, 15) is 0 Å². The molecule has 0 aliphatic rings. The van der Waals surface area contributed by atoms with Gasteiger partial charge in [-0.25, -0.2) is 9.97 Å². The van der Waals surface area contributed by atoms with Gasteiger partial charge in [0, 0.05) is 19.8 Å². The van der Waals surface area contributed by atoms with Gasteiger partial charge in [0.2, 0.25) is 5.95 Å². The van der Waals surface area contributed by atoms with E-state index in [0.29, 0.717) is 18.2 Å². The third kappa shape index (κ3) is 2.92. The number of nitrogens with zero attached hydrogens (tertiary/aromatic N) is 5. The van der Waals surface area contributed by atoms with Crippen LogP contribution in [0, 0.1) is 28.6 Å². The summed E-state index contributed by atoms with van der Waals surface area (Å²) in [7, 11) is 1.80. The van der Waals surface area contributed by atoms with E-state index in [1.54, 1.807) is 18.0 Å². The molecule has 0 saturated heterocycles. The molecule has 0 aliphatic heterocycles. The largest absolute Gasteiger partial charge is 0.343 e. The second-order valence-corrected chi connectivity index (χ2v) is 3.26. The van der Waals surface area contributed by atoms with Crippen LogP contribution >= 0.6 is 0 Å². The molecule has 1 atom stereocenters. The van der Waals surface area contributed by atoms with Crippen molar-refractivity contribution in [2.75, 3.05) is 18.5 Å². The molecule has 0 amide bonds. The molecule has 76 valence electrons. The average Bonchev–Trinajstić information content (AvgIpc) is 2.28. The summed E-state index contributed by atoms with van der Waals surface area (Å²) < 4.78 is 0. The lowest BCUT2D eigenvalue weighted by Gasteiger charge is -2.17. The maximum Gasteiger partial charge on any atom is 0.226 e. The van der Waals surface area contributed by atoms with Crippen molar-refractivity contribution < 1.29 is 0 Å². The Morgan fingerprint density at radius 1 is 1.53 bits per heavy atom. The van der Waals surface area contributed by atoms with Crippen LogP contribution in [-0.2, 0) is 0 Å². The highest BCUT2D eigenvalue weighted by molar-refractivity contribution is 5.32. The normalized spacial score (nSPS) is 11.2. The standard InChI is InChI=1S/C10H11N5/c1-8(5-11)7-15(2)10-13-4-3-9(6-12)14-10/h3-4,8H,7H2,1-2H3. The molecule has 0 aromatic carbocycles. The fourth-order valence-corrected chi connectivity index (χ4v) is 1.13. The van der Waals surface area contributed by atoms with E-state index in [4.69, 9.17) is 10.5 Å². The summed E-state index contributed by atoms with van der Waals surface area (Å²) in [5.74, 6) is 0.375. The highest BCUT2D eigenvalue weighted by Gasteiger charge is 2.08. The van der Waals surface area contributed by atoms with E-state index in [0.717, 1.165) is 0 Å². The van der Waals surface area contributed by atoms with Crippen LogP contribution < -0.4 is 4.90 Å². The molecule has 0 saturated carbocycles. The third-order valence-electron chi connectivity index (χ3n) is 1.87. The van der Waals surface area contributed by atoms with Gasteiger partial charge in [0.25, 0.3) is 0 Å². The molecule has 15 heavy (non-hydrogen) atoms. The van der Waals surface area contributed by atoms with Crippen LogP contribution in [-0.4, -0.2) is 23.6 Å². The Hall–Kier alpha value is -2.14. The number of aromatic nitrogens is 2. The topological polar surface area (TPSA) is 76.6 Å². The molecule has 0 N–H and O–H groups in total. The summed E-state index contributed by atoms with van der Waals surface area (Å²) in [4.78, 5) is 9.81. The summed E-state index contributed by atoms with van der Waals surface area (Å²) >= 11 is 0. The van der Waals surface area contributed by atoms with Crippen LogP contribution in [0.4, 0.5) is 5.95 Å². The zero-order valence-corrected chi connectivity index (χ0v) is 8.68. The van der Waals surface area contributed by atoms with E-state index in [2.05, 4.69) is 16.0 Å². The first-order chi connectivity index (χ1) is 7.17. The van der Waals surface area contributed by atoms with Crippen LogP contribution in [0.3, 0.4) is 0 Å². The minimum atomic E-state index is -0.0932.